The van der Waals surface area contributed by atoms with Gasteiger partial charge in [-0.1, -0.05) is 34.1 Å². The van der Waals surface area contributed by atoms with Gasteiger partial charge in [0.05, 0.1) is 5.60 Å². The molecule has 2 fully saturated rings. The molecule has 0 radical (unpaired) electrons. The van der Waals surface area contributed by atoms with Gasteiger partial charge in [-0.2, -0.15) is 0 Å². The van der Waals surface area contributed by atoms with Crippen LogP contribution in [0.5, 0.6) is 0 Å². The Labute approximate surface area is 122 Å². The van der Waals surface area contributed by atoms with Crippen LogP contribution < -0.4 is 0 Å². The van der Waals surface area contributed by atoms with E-state index in [0.29, 0.717) is 12.2 Å². The normalized spacial score (nSPS) is 25.0. The molecule has 1 aliphatic carbocycles. The number of hydrogen-bond acceptors (Lipinski definition) is 2. The third-order valence-corrected chi connectivity index (χ3v) is 5.31. The van der Waals surface area contributed by atoms with E-state index in [0.717, 1.165) is 42.3 Å². The molecule has 0 aromatic heterocycles. The first-order valence-electron chi connectivity index (χ1n) is 7.09. The number of carbonyl (C=O) groups excluding carboxylic acids is 1. The van der Waals surface area contributed by atoms with Gasteiger partial charge in [0.15, 0.2) is 0 Å². The highest BCUT2D eigenvalue weighted by Crippen LogP contribution is 2.44. The fraction of sp³-hybridized carbons (Fsp3) is 0.562. The Morgan fingerprint density at radius 2 is 2.16 bits per heavy atom. The highest BCUT2D eigenvalue weighted by atomic mass is 79.9. The zero-order valence-corrected chi connectivity index (χ0v) is 12.6. The van der Waals surface area contributed by atoms with Crippen molar-refractivity contribution in [3.05, 3.63) is 34.3 Å². The topological polar surface area (TPSA) is 26.3 Å². The van der Waals surface area contributed by atoms with Crippen molar-refractivity contribution in [2.24, 2.45) is 5.92 Å². The fourth-order valence-electron chi connectivity index (χ4n) is 3.20. The van der Waals surface area contributed by atoms with E-state index in [1.807, 2.05) is 24.3 Å². The Morgan fingerprint density at radius 1 is 1.37 bits per heavy atom. The minimum atomic E-state index is 0.0620. The molecule has 1 aliphatic heterocycles. The molecule has 0 N–H and O–H groups in total. The summed E-state index contributed by atoms with van der Waals surface area (Å²) in [5.74, 6) is 0.572. The smallest absolute Gasteiger partial charge is 0.140 e. The van der Waals surface area contributed by atoms with Crippen molar-refractivity contribution in [3.8, 4) is 0 Å². The number of carbonyl (C=O) groups is 1. The lowest BCUT2D eigenvalue weighted by Gasteiger charge is -2.46. The van der Waals surface area contributed by atoms with Crippen molar-refractivity contribution in [1.82, 2.24) is 0 Å². The Morgan fingerprint density at radius 3 is 2.84 bits per heavy atom. The molecule has 1 saturated carbocycles. The maximum Gasteiger partial charge on any atom is 0.140 e. The third-order valence-electron chi connectivity index (χ3n) is 4.54. The van der Waals surface area contributed by atoms with Gasteiger partial charge in [-0.15, -0.1) is 0 Å². The second-order valence-corrected chi connectivity index (χ2v) is 6.66. The summed E-state index contributed by atoms with van der Waals surface area (Å²) in [5.41, 5.74) is 1.16. The molecular weight excluding hydrogens is 304 g/mol. The molecule has 1 aromatic carbocycles. The van der Waals surface area contributed by atoms with Gasteiger partial charge in [0.2, 0.25) is 0 Å². The van der Waals surface area contributed by atoms with Crippen LogP contribution in [0.3, 0.4) is 0 Å². The lowest BCUT2D eigenvalue weighted by Crippen LogP contribution is -2.47. The van der Waals surface area contributed by atoms with E-state index >= 15 is 0 Å². The Hall–Kier alpha value is -0.670. The van der Waals surface area contributed by atoms with Crippen LogP contribution in [0, 0.1) is 5.92 Å². The van der Waals surface area contributed by atoms with Gasteiger partial charge >= 0.3 is 0 Å². The van der Waals surface area contributed by atoms with Crippen molar-refractivity contribution in [2.75, 3.05) is 6.61 Å². The Kier molecular flexibility index (Phi) is 3.77. The summed E-state index contributed by atoms with van der Waals surface area (Å²) in [4.78, 5) is 12.5. The minimum absolute atomic E-state index is 0.0620. The summed E-state index contributed by atoms with van der Waals surface area (Å²) < 4.78 is 6.93. The number of Topliss-reactive ketones (excluding diaryl/α,β-unsaturated/α-hetero) is 1. The summed E-state index contributed by atoms with van der Waals surface area (Å²) in [7, 11) is 0. The third kappa shape index (κ3) is 2.77. The van der Waals surface area contributed by atoms with Gasteiger partial charge in [0.25, 0.3) is 0 Å². The molecule has 1 aromatic rings. The molecule has 3 heteroatoms. The second kappa shape index (κ2) is 5.37. The summed E-state index contributed by atoms with van der Waals surface area (Å²) in [6.07, 6.45) is 5.92. The van der Waals surface area contributed by atoms with Crippen LogP contribution in [0.4, 0.5) is 0 Å². The molecule has 1 saturated heterocycles. The fourth-order valence-corrected chi connectivity index (χ4v) is 3.62. The van der Waals surface area contributed by atoms with Crippen LogP contribution in [-0.4, -0.2) is 18.0 Å². The first-order chi connectivity index (χ1) is 9.19. The van der Waals surface area contributed by atoms with E-state index in [-0.39, 0.29) is 11.5 Å². The average molecular weight is 323 g/mol. The quantitative estimate of drug-likeness (QED) is 0.843. The maximum absolute atomic E-state index is 12.5. The highest BCUT2D eigenvalue weighted by Gasteiger charge is 2.44. The van der Waals surface area contributed by atoms with Crippen LogP contribution in [0.15, 0.2) is 28.7 Å². The number of rotatable bonds is 3. The second-order valence-electron chi connectivity index (χ2n) is 5.81. The monoisotopic (exact) mass is 322 g/mol. The van der Waals surface area contributed by atoms with Crippen molar-refractivity contribution >= 4 is 21.7 Å². The Bertz CT molecular complexity index is 479. The zero-order chi connectivity index (χ0) is 13.3. The molecule has 2 nitrogen and oxygen atoms in total. The van der Waals surface area contributed by atoms with Gasteiger partial charge in [-0.05, 0) is 43.7 Å². The zero-order valence-electron chi connectivity index (χ0n) is 11.0. The van der Waals surface area contributed by atoms with Gasteiger partial charge in [0, 0.05) is 23.4 Å². The minimum Gasteiger partial charge on any atom is -0.375 e. The molecule has 102 valence electrons. The molecular formula is C16H19BrO2. The van der Waals surface area contributed by atoms with Crippen molar-refractivity contribution in [2.45, 2.75) is 44.1 Å². The molecule has 1 spiro atoms. The number of ketones is 1. The predicted octanol–water partition coefficient (Wildman–Crippen LogP) is 3.91. The molecule has 1 heterocycles. The van der Waals surface area contributed by atoms with E-state index in [9.17, 15) is 4.79 Å². The molecule has 19 heavy (non-hydrogen) atoms. The van der Waals surface area contributed by atoms with Crippen LogP contribution in [0.25, 0.3) is 0 Å². The van der Waals surface area contributed by atoms with Gasteiger partial charge in [0.1, 0.15) is 5.78 Å². The van der Waals surface area contributed by atoms with Crippen LogP contribution in [-0.2, 0) is 16.0 Å². The molecule has 0 amide bonds. The summed E-state index contributed by atoms with van der Waals surface area (Å²) in [6.45, 7) is 0.756. The van der Waals surface area contributed by atoms with Crippen molar-refractivity contribution < 1.29 is 9.53 Å². The van der Waals surface area contributed by atoms with E-state index < -0.39 is 0 Å². The first-order valence-corrected chi connectivity index (χ1v) is 7.88. The molecule has 3 rings (SSSR count). The van der Waals surface area contributed by atoms with E-state index in [1.165, 1.54) is 6.42 Å². The van der Waals surface area contributed by atoms with E-state index in [2.05, 4.69) is 15.9 Å². The number of halogens is 1. The number of ether oxygens (including phenoxy) is 1. The SMILES string of the molecule is O=C(Cc1ccccc1Br)C1CCOC2(CCC2)C1. The summed E-state index contributed by atoms with van der Waals surface area (Å²) >= 11 is 3.52. The number of hydrogen-bond donors (Lipinski definition) is 0. The van der Waals surface area contributed by atoms with Crippen LogP contribution >= 0.6 is 15.9 Å². The predicted molar refractivity (Wildman–Crippen MR) is 78.1 cm³/mol. The highest BCUT2D eigenvalue weighted by molar-refractivity contribution is 9.10. The maximum atomic E-state index is 12.5. The first kappa shape index (κ1) is 13.3. The van der Waals surface area contributed by atoms with Crippen LogP contribution in [0.1, 0.15) is 37.7 Å². The van der Waals surface area contributed by atoms with Gasteiger partial charge < -0.3 is 4.74 Å². The summed E-state index contributed by atoms with van der Waals surface area (Å²) in [5, 5.41) is 0. The lowest BCUT2D eigenvalue weighted by molar-refractivity contribution is -0.155. The molecule has 0 bridgehead atoms. The summed E-state index contributed by atoms with van der Waals surface area (Å²) in [6, 6.07) is 8.00. The van der Waals surface area contributed by atoms with Gasteiger partial charge in [-0.25, -0.2) is 0 Å². The average Bonchev–Trinajstić information content (AvgIpc) is 2.40. The molecule has 1 atom stereocenters. The van der Waals surface area contributed by atoms with E-state index in [1.54, 1.807) is 0 Å². The van der Waals surface area contributed by atoms with Crippen LogP contribution in [0.2, 0.25) is 0 Å². The lowest BCUT2D eigenvalue weighted by atomic mass is 9.71. The van der Waals surface area contributed by atoms with Crippen molar-refractivity contribution in [3.63, 3.8) is 0 Å². The van der Waals surface area contributed by atoms with E-state index in [4.69, 9.17) is 4.74 Å². The largest absolute Gasteiger partial charge is 0.375 e. The molecule has 1 unspecified atom stereocenters. The van der Waals surface area contributed by atoms with Crippen molar-refractivity contribution in [1.29, 1.82) is 0 Å². The standard InChI is InChI=1S/C16H19BrO2/c17-14-5-2-1-4-12(14)10-15(18)13-6-9-19-16(11-13)7-3-8-16/h1-2,4-5,13H,3,6-11H2. The van der Waals surface area contributed by atoms with Gasteiger partial charge in [-0.3, -0.25) is 4.79 Å². The molecule has 2 aliphatic rings. The Balaban J connectivity index is 1.65. The number of benzene rings is 1.